The normalized spacial score (nSPS) is 11.3. The lowest BCUT2D eigenvalue weighted by molar-refractivity contribution is 0.653. The number of nitrogens with zero attached hydrogens (tertiary/aromatic N) is 2. The van der Waals surface area contributed by atoms with Crippen LogP contribution in [0.1, 0.15) is 5.69 Å². The Hall–Kier alpha value is -2.62. The first-order chi connectivity index (χ1) is 10.2. The van der Waals surface area contributed by atoms with E-state index in [-0.39, 0.29) is 0 Å². The molecule has 0 aliphatic carbocycles. The zero-order chi connectivity index (χ0) is 14.4. The van der Waals surface area contributed by atoms with Gasteiger partial charge in [-0.1, -0.05) is 23.7 Å². The minimum Gasteiger partial charge on any atom is -0.437 e. The van der Waals surface area contributed by atoms with Crippen LogP contribution in [0.25, 0.3) is 33.3 Å². The number of aryl methyl sites for hydroxylation is 1. The molecule has 0 saturated heterocycles. The molecule has 0 N–H and O–H groups in total. The fraction of sp³-hybridized carbons (Fsp3) is 0.0588. The van der Waals surface area contributed by atoms with E-state index in [1.165, 1.54) is 0 Å². The monoisotopic (exact) mass is 272 g/mol. The van der Waals surface area contributed by atoms with Gasteiger partial charge in [0.25, 0.3) is 0 Å². The number of benzene rings is 1. The number of aromatic nitrogens is 2. The molecule has 0 fully saturated rings. The van der Waals surface area contributed by atoms with E-state index in [0.717, 1.165) is 38.8 Å². The number of pyridine rings is 2. The molecule has 21 heavy (non-hydrogen) atoms. The summed E-state index contributed by atoms with van der Waals surface area (Å²) in [6, 6.07) is 14.3. The second-order valence-corrected chi connectivity index (χ2v) is 5.31. The van der Waals surface area contributed by atoms with Crippen LogP contribution in [0.2, 0.25) is 0 Å². The van der Waals surface area contributed by atoms with Crippen LogP contribution in [0.4, 0.5) is 0 Å². The van der Waals surface area contributed by atoms with Crippen LogP contribution in [0.3, 0.4) is 0 Å². The fourth-order valence-corrected chi connectivity index (χ4v) is 2.60. The highest BCUT2D eigenvalue weighted by atomic mass is 16.3. The number of para-hydroxylation sites is 1. The van der Waals surface area contributed by atoms with E-state index in [2.05, 4.69) is 28.2 Å². The van der Waals surface area contributed by atoms with E-state index in [1.807, 2.05) is 45.2 Å². The molecule has 0 saturated carbocycles. The van der Waals surface area contributed by atoms with Crippen LogP contribution in [0.5, 0.6) is 0 Å². The van der Waals surface area contributed by atoms with Gasteiger partial charge in [0.15, 0.2) is 0 Å². The van der Waals surface area contributed by atoms with Crippen molar-refractivity contribution in [3.63, 3.8) is 0 Å². The molecule has 100 valence electrons. The minimum atomic E-state index is 0.685. The van der Waals surface area contributed by atoms with E-state index in [1.54, 1.807) is 0 Å². The zero-order valence-corrected chi connectivity index (χ0v) is 11.9. The Balaban J connectivity index is 2.06. The molecule has 0 atom stereocenters. The van der Waals surface area contributed by atoms with Crippen molar-refractivity contribution in [2.75, 3.05) is 0 Å². The van der Waals surface area contributed by atoms with Crippen molar-refractivity contribution in [1.82, 2.24) is 9.97 Å². The highest BCUT2D eigenvalue weighted by molar-refractivity contribution is 6.32. The van der Waals surface area contributed by atoms with E-state index < -0.39 is 0 Å². The third kappa shape index (κ3) is 1.91. The molecule has 0 spiro atoms. The molecule has 0 aliphatic heterocycles. The number of rotatable bonds is 1. The van der Waals surface area contributed by atoms with Crippen molar-refractivity contribution < 1.29 is 4.42 Å². The molecule has 0 radical (unpaired) electrons. The van der Waals surface area contributed by atoms with Gasteiger partial charge in [-0.3, -0.25) is 4.98 Å². The number of hydrogen-bond acceptors (Lipinski definition) is 3. The third-order valence-corrected chi connectivity index (χ3v) is 3.69. The van der Waals surface area contributed by atoms with Crippen molar-refractivity contribution in [3.05, 3.63) is 54.4 Å². The lowest BCUT2D eigenvalue weighted by Crippen LogP contribution is -2.02. The Kier molecular flexibility index (Phi) is 2.57. The summed E-state index contributed by atoms with van der Waals surface area (Å²) < 4.78 is 6.00. The quantitative estimate of drug-likeness (QED) is 0.500. The third-order valence-electron chi connectivity index (χ3n) is 3.69. The maximum atomic E-state index is 6.00. The van der Waals surface area contributed by atoms with Gasteiger partial charge >= 0.3 is 0 Å². The van der Waals surface area contributed by atoms with Gasteiger partial charge in [0, 0.05) is 28.2 Å². The molecule has 0 unspecified atom stereocenters. The van der Waals surface area contributed by atoms with Crippen LogP contribution in [-0.2, 0) is 0 Å². The van der Waals surface area contributed by atoms with Crippen molar-refractivity contribution in [1.29, 1.82) is 0 Å². The van der Waals surface area contributed by atoms with Gasteiger partial charge in [0.05, 0.1) is 5.69 Å². The van der Waals surface area contributed by atoms with E-state index >= 15 is 0 Å². The zero-order valence-electron chi connectivity index (χ0n) is 11.9. The van der Waals surface area contributed by atoms with Gasteiger partial charge in [0.1, 0.15) is 13.4 Å². The van der Waals surface area contributed by atoms with E-state index in [9.17, 15) is 0 Å². The lowest BCUT2D eigenvalue weighted by atomic mass is 9.97. The minimum absolute atomic E-state index is 0.685. The Labute approximate surface area is 123 Å². The second kappa shape index (κ2) is 4.45. The molecule has 3 aromatic heterocycles. The average Bonchev–Trinajstić information content (AvgIpc) is 2.85. The van der Waals surface area contributed by atoms with E-state index in [4.69, 9.17) is 4.42 Å². The van der Waals surface area contributed by atoms with Gasteiger partial charge in [-0.2, -0.15) is 0 Å². The van der Waals surface area contributed by atoms with Crippen molar-refractivity contribution in [2.45, 2.75) is 6.92 Å². The predicted octanol–water partition coefficient (Wildman–Crippen LogP) is 2.61. The standard InChI is InChI=1S/C17H13BN2O/c1-10-5-7-13-12-3-2-4-14(16(12)21-17(13)20-10)15-8-6-11(18)9-19-15/h2-9H,18H2,1H3. The second-order valence-electron chi connectivity index (χ2n) is 5.31. The smallest absolute Gasteiger partial charge is 0.227 e. The summed E-state index contributed by atoms with van der Waals surface area (Å²) in [5.41, 5.74) is 5.56. The number of fused-ring (bicyclic) bond motifs is 3. The fourth-order valence-electron chi connectivity index (χ4n) is 2.60. The highest BCUT2D eigenvalue weighted by Gasteiger charge is 2.13. The predicted molar refractivity (Wildman–Crippen MR) is 87.7 cm³/mol. The summed E-state index contributed by atoms with van der Waals surface area (Å²) in [7, 11) is 2.03. The number of furan rings is 1. The van der Waals surface area contributed by atoms with Gasteiger partial charge in [-0.05, 0) is 31.2 Å². The largest absolute Gasteiger partial charge is 0.437 e. The first-order valence-corrected chi connectivity index (χ1v) is 6.94. The summed E-state index contributed by atoms with van der Waals surface area (Å²) >= 11 is 0. The SMILES string of the molecule is Bc1ccc(-c2cccc3c2oc2nc(C)ccc23)nc1. The van der Waals surface area contributed by atoms with Crippen molar-refractivity contribution in [3.8, 4) is 11.3 Å². The Bertz CT molecular complexity index is 958. The van der Waals surface area contributed by atoms with Crippen LogP contribution < -0.4 is 5.46 Å². The van der Waals surface area contributed by atoms with Crippen molar-refractivity contribution in [2.24, 2.45) is 0 Å². The van der Waals surface area contributed by atoms with Gasteiger partial charge in [0.2, 0.25) is 5.71 Å². The first kappa shape index (κ1) is 12.2. The molecule has 1 aromatic carbocycles. The maximum absolute atomic E-state index is 6.00. The Morgan fingerprint density at radius 1 is 1.00 bits per heavy atom. The Morgan fingerprint density at radius 2 is 1.90 bits per heavy atom. The topological polar surface area (TPSA) is 38.9 Å². The molecule has 4 aromatic rings. The molecule has 0 bridgehead atoms. The Morgan fingerprint density at radius 3 is 2.71 bits per heavy atom. The molecule has 3 nitrogen and oxygen atoms in total. The summed E-state index contributed by atoms with van der Waals surface area (Å²) in [5, 5.41) is 2.13. The summed E-state index contributed by atoms with van der Waals surface area (Å²) in [6.45, 7) is 1.97. The van der Waals surface area contributed by atoms with Crippen LogP contribution >= 0.6 is 0 Å². The summed E-state index contributed by atoms with van der Waals surface area (Å²) in [4.78, 5) is 8.98. The molecule has 4 heteroatoms. The van der Waals surface area contributed by atoms with Crippen LogP contribution in [0, 0.1) is 6.92 Å². The summed E-state index contributed by atoms with van der Waals surface area (Å²) in [6.07, 6.45) is 1.87. The van der Waals surface area contributed by atoms with Crippen molar-refractivity contribution >= 4 is 35.4 Å². The first-order valence-electron chi connectivity index (χ1n) is 6.94. The highest BCUT2D eigenvalue weighted by Crippen LogP contribution is 2.34. The van der Waals surface area contributed by atoms with Gasteiger partial charge in [-0.15, -0.1) is 0 Å². The average molecular weight is 272 g/mol. The lowest BCUT2D eigenvalue weighted by Gasteiger charge is -2.02. The molecular weight excluding hydrogens is 259 g/mol. The van der Waals surface area contributed by atoms with Crippen LogP contribution in [-0.4, -0.2) is 17.8 Å². The van der Waals surface area contributed by atoms with Gasteiger partial charge < -0.3 is 4.42 Å². The maximum Gasteiger partial charge on any atom is 0.227 e. The molecule has 0 aliphatic rings. The molecule has 3 heterocycles. The molecule has 4 rings (SSSR count). The van der Waals surface area contributed by atoms with Crippen LogP contribution in [0.15, 0.2) is 53.1 Å². The summed E-state index contributed by atoms with van der Waals surface area (Å²) in [5.74, 6) is 0. The number of hydrogen-bond donors (Lipinski definition) is 0. The molecule has 0 amide bonds. The molecular formula is C17H13BN2O. The van der Waals surface area contributed by atoms with E-state index in [0.29, 0.717) is 5.71 Å². The van der Waals surface area contributed by atoms with Gasteiger partial charge in [-0.25, -0.2) is 4.98 Å².